The van der Waals surface area contributed by atoms with Crippen molar-refractivity contribution in [1.29, 1.82) is 0 Å². The first-order valence-corrected chi connectivity index (χ1v) is 8.12. The smallest absolute Gasteiger partial charge is 0.230 e. The molecule has 0 N–H and O–H groups in total. The molecule has 0 atom stereocenters. The number of aryl methyl sites for hydroxylation is 2. The molecule has 4 heteroatoms. The van der Waals surface area contributed by atoms with E-state index in [0.717, 1.165) is 29.6 Å². The van der Waals surface area contributed by atoms with Gasteiger partial charge in [-0.15, -0.1) is 0 Å². The van der Waals surface area contributed by atoms with E-state index in [1.165, 1.54) is 31.6 Å². The van der Waals surface area contributed by atoms with Gasteiger partial charge in [-0.05, 0) is 63.9 Å². The van der Waals surface area contributed by atoms with E-state index in [-0.39, 0.29) is 0 Å². The fourth-order valence-electron chi connectivity index (χ4n) is 3.09. The van der Waals surface area contributed by atoms with Crippen molar-refractivity contribution in [2.24, 2.45) is 0 Å². The maximum atomic E-state index is 4.59. The first-order chi connectivity index (χ1) is 10.7. The Morgan fingerprint density at radius 1 is 1.00 bits per heavy atom. The standard InChI is InChI=1S/C18H24N4/c1-4-22(18-19-14(2)13-15(3)20-18)17-9-7-16(8-10-17)21-11-5-6-12-21/h7-10,13H,4-6,11-12H2,1-3H3. The van der Waals surface area contributed by atoms with Gasteiger partial charge in [0.15, 0.2) is 0 Å². The second kappa shape index (κ2) is 6.34. The van der Waals surface area contributed by atoms with Crippen molar-refractivity contribution in [3.8, 4) is 0 Å². The average Bonchev–Trinajstić information content (AvgIpc) is 3.02. The largest absolute Gasteiger partial charge is 0.372 e. The average molecular weight is 296 g/mol. The molecule has 22 heavy (non-hydrogen) atoms. The number of hydrogen-bond donors (Lipinski definition) is 0. The number of hydrogen-bond acceptors (Lipinski definition) is 4. The van der Waals surface area contributed by atoms with E-state index in [2.05, 4.69) is 51.0 Å². The van der Waals surface area contributed by atoms with Crippen molar-refractivity contribution in [2.75, 3.05) is 29.4 Å². The predicted octanol–water partition coefficient (Wildman–Crippen LogP) is 3.85. The topological polar surface area (TPSA) is 32.3 Å². The molecule has 0 unspecified atom stereocenters. The van der Waals surface area contributed by atoms with Gasteiger partial charge in [0, 0.05) is 42.4 Å². The summed E-state index contributed by atoms with van der Waals surface area (Å²) in [5.41, 5.74) is 4.48. The van der Waals surface area contributed by atoms with Gasteiger partial charge in [0.1, 0.15) is 0 Å². The minimum absolute atomic E-state index is 0.786. The molecule has 1 fully saturated rings. The summed E-state index contributed by atoms with van der Waals surface area (Å²) in [6.07, 6.45) is 2.61. The molecule has 2 heterocycles. The second-order valence-corrected chi connectivity index (χ2v) is 5.91. The van der Waals surface area contributed by atoms with Crippen molar-refractivity contribution in [1.82, 2.24) is 9.97 Å². The van der Waals surface area contributed by atoms with Gasteiger partial charge < -0.3 is 9.80 Å². The monoisotopic (exact) mass is 296 g/mol. The summed E-state index contributed by atoms with van der Waals surface area (Å²) in [6, 6.07) is 10.8. The summed E-state index contributed by atoms with van der Waals surface area (Å²) in [5, 5.41) is 0. The third kappa shape index (κ3) is 3.06. The molecule has 0 bridgehead atoms. The van der Waals surface area contributed by atoms with E-state index in [1.807, 2.05) is 19.9 Å². The van der Waals surface area contributed by atoms with Crippen LogP contribution in [0.4, 0.5) is 17.3 Å². The zero-order valence-electron chi connectivity index (χ0n) is 13.7. The van der Waals surface area contributed by atoms with Gasteiger partial charge in [-0.1, -0.05) is 0 Å². The quantitative estimate of drug-likeness (QED) is 0.858. The molecule has 1 saturated heterocycles. The summed E-state index contributed by atoms with van der Waals surface area (Å²) < 4.78 is 0. The number of nitrogens with zero attached hydrogens (tertiary/aromatic N) is 4. The van der Waals surface area contributed by atoms with Gasteiger partial charge in [-0.2, -0.15) is 0 Å². The van der Waals surface area contributed by atoms with Crippen LogP contribution in [0.1, 0.15) is 31.2 Å². The Morgan fingerprint density at radius 3 is 2.14 bits per heavy atom. The van der Waals surface area contributed by atoms with Crippen LogP contribution in [-0.2, 0) is 0 Å². The van der Waals surface area contributed by atoms with Crippen LogP contribution in [0.3, 0.4) is 0 Å². The Balaban J connectivity index is 1.86. The molecule has 1 aliphatic heterocycles. The van der Waals surface area contributed by atoms with Crippen molar-refractivity contribution in [2.45, 2.75) is 33.6 Å². The fraction of sp³-hybridized carbons (Fsp3) is 0.444. The molecule has 0 radical (unpaired) electrons. The molecule has 0 spiro atoms. The third-order valence-electron chi connectivity index (χ3n) is 4.16. The summed E-state index contributed by atoms with van der Waals surface area (Å²) in [6.45, 7) is 9.38. The van der Waals surface area contributed by atoms with Crippen molar-refractivity contribution in [3.63, 3.8) is 0 Å². The number of aromatic nitrogens is 2. The summed E-state index contributed by atoms with van der Waals surface area (Å²) in [5.74, 6) is 0.786. The Bertz CT molecular complexity index is 610. The minimum Gasteiger partial charge on any atom is -0.372 e. The van der Waals surface area contributed by atoms with Gasteiger partial charge in [0.25, 0.3) is 0 Å². The molecule has 3 rings (SSSR count). The molecular formula is C18H24N4. The van der Waals surface area contributed by atoms with Gasteiger partial charge >= 0.3 is 0 Å². The maximum Gasteiger partial charge on any atom is 0.230 e. The second-order valence-electron chi connectivity index (χ2n) is 5.91. The van der Waals surface area contributed by atoms with Crippen molar-refractivity contribution >= 4 is 17.3 Å². The Labute approximate surface area is 132 Å². The highest BCUT2D eigenvalue weighted by Gasteiger charge is 2.14. The van der Waals surface area contributed by atoms with Gasteiger partial charge in [0.2, 0.25) is 5.95 Å². The van der Waals surface area contributed by atoms with E-state index in [4.69, 9.17) is 0 Å². The Kier molecular flexibility index (Phi) is 4.27. The summed E-state index contributed by atoms with van der Waals surface area (Å²) in [7, 11) is 0. The first-order valence-electron chi connectivity index (χ1n) is 8.12. The number of benzene rings is 1. The van der Waals surface area contributed by atoms with Crippen LogP contribution in [0.15, 0.2) is 30.3 Å². The molecule has 1 aromatic heterocycles. The van der Waals surface area contributed by atoms with E-state index >= 15 is 0 Å². The number of rotatable bonds is 4. The highest BCUT2D eigenvalue weighted by molar-refractivity contribution is 5.62. The normalized spacial score (nSPS) is 14.4. The molecule has 1 aromatic carbocycles. The minimum atomic E-state index is 0.786. The van der Waals surface area contributed by atoms with E-state index in [9.17, 15) is 0 Å². The molecule has 0 aliphatic carbocycles. The lowest BCUT2D eigenvalue weighted by molar-refractivity contribution is 0.918. The lowest BCUT2D eigenvalue weighted by atomic mass is 10.2. The molecule has 116 valence electrons. The van der Waals surface area contributed by atoms with E-state index in [1.54, 1.807) is 0 Å². The molecule has 0 amide bonds. The Hall–Kier alpha value is -2.10. The molecule has 0 saturated carbocycles. The van der Waals surface area contributed by atoms with E-state index in [0.29, 0.717) is 0 Å². The van der Waals surface area contributed by atoms with Crippen LogP contribution in [0.2, 0.25) is 0 Å². The highest BCUT2D eigenvalue weighted by atomic mass is 15.3. The summed E-state index contributed by atoms with van der Waals surface area (Å²) >= 11 is 0. The fourth-order valence-corrected chi connectivity index (χ4v) is 3.09. The van der Waals surface area contributed by atoms with Crippen LogP contribution in [0.5, 0.6) is 0 Å². The zero-order valence-corrected chi connectivity index (χ0v) is 13.7. The van der Waals surface area contributed by atoms with Crippen LogP contribution in [0, 0.1) is 13.8 Å². The van der Waals surface area contributed by atoms with Crippen molar-refractivity contribution < 1.29 is 0 Å². The molecule has 2 aromatic rings. The summed E-state index contributed by atoms with van der Waals surface area (Å²) in [4.78, 5) is 13.8. The predicted molar refractivity (Wildman–Crippen MR) is 92.1 cm³/mol. The highest BCUT2D eigenvalue weighted by Crippen LogP contribution is 2.27. The Morgan fingerprint density at radius 2 is 1.59 bits per heavy atom. The van der Waals surface area contributed by atoms with Gasteiger partial charge in [0.05, 0.1) is 0 Å². The first kappa shape index (κ1) is 14.8. The van der Waals surface area contributed by atoms with Crippen molar-refractivity contribution in [3.05, 3.63) is 41.7 Å². The number of anilines is 3. The van der Waals surface area contributed by atoms with E-state index < -0.39 is 0 Å². The van der Waals surface area contributed by atoms with Gasteiger partial charge in [-0.3, -0.25) is 0 Å². The van der Waals surface area contributed by atoms with Gasteiger partial charge in [-0.25, -0.2) is 9.97 Å². The molecular weight excluding hydrogens is 272 g/mol. The van der Waals surface area contributed by atoms with Crippen LogP contribution in [0.25, 0.3) is 0 Å². The van der Waals surface area contributed by atoms with Crippen LogP contribution < -0.4 is 9.80 Å². The lowest BCUT2D eigenvalue weighted by Crippen LogP contribution is -2.20. The van der Waals surface area contributed by atoms with Crippen LogP contribution in [-0.4, -0.2) is 29.6 Å². The SMILES string of the molecule is CCN(c1ccc(N2CCCC2)cc1)c1nc(C)cc(C)n1. The lowest BCUT2D eigenvalue weighted by Gasteiger charge is -2.23. The molecule has 1 aliphatic rings. The maximum absolute atomic E-state index is 4.59. The molecule has 4 nitrogen and oxygen atoms in total. The van der Waals surface area contributed by atoms with Crippen LogP contribution >= 0.6 is 0 Å². The zero-order chi connectivity index (χ0) is 15.5. The third-order valence-corrected chi connectivity index (χ3v) is 4.16.